The lowest BCUT2D eigenvalue weighted by Gasteiger charge is -2.37. The number of hydrogen-bond acceptors (Lipinski definition) is 5. The number of benzene rings is 1. The first-order chi connectivity index (χ1) is 12.2. The van der Waals surface area contributed by atoms with E-state index in [9.17, 15) is 4.79 Å². The van der Waals surface area contributed by atoms with Crippen molar-refractivity contribution in [3.63, 3.8) is 0 Å². The molecule has 25 heavy (non-hydrogen) atoms. The molecule has 0 saturated carbocycles. The fraction of sp³-hybridized carbons (Fsp3) is 0.500. The van der Waals surface area contributed by atoms with Crippen LogP contribution in [0.1, 0.15) is 28.9 Å². The molecule has 1 aromatic carbocycles. The van der Waals surface area contributed by atoms with Gasteiger partial charge in [-0.3, -0.25) is 4.79 Å². The van der Waals surface area contributed by atoms with Crippen molar-refractivity contribution >= 4 is 5.91 Å². The smallest absolute Gasteiger partial charge is 0.273 e. The van der Waals surface area contributed by atoms with Crippen molar-refractivity contribution in [2.24, 2.45) is 5.41 Å². The van der Waals surface area contributed by atoms with Crippen LogP contribution in [-0.2, 0) is 11.3 Å². The van der Waals surface area contributed by atoms with Crippen LogP contribution in [0, 0.1) is 5.41 Å². The second kappa shape index (κ2) is 8.22. The minimum absolute atomic E-state index is 0.00427. The maximum Gasteiger partial charge on any atom is 0.273 e. The molecule has 2 N–H and O–H groups in total. The zero-order valence-electron chi connectivity index (χ0n) is 14.6. The zero-order chi connectivity index (χ0) is 17.5. The molecule has 0 atom stereocenters. The Morgan fingerprint density at radius 1 is 1.32 bits per heavy atom. The highest BCUT2D eigenvalue weighted by atomic mass is 16.5. The summed E-state index contributed by atoms with van der Waals surface area (Å²) >= 11 is 0. The van der Waals surface area contributed by atoms with Crippen LogP contribution in [0.3, 0.4) is 0 Å². The minimum Gasteiger partial charge on any atom is -0.384 e. The van der Waals surface area contributed by atoms with Gasteiger partial charge in [-0.2, -0.15) is 0 Å². The highest BCUT2D eigenvalue weighted by Gasteiger charge is 2.32. The molecule has 1 amide bonds. The summed E-state index contributed by atoms with van der Waals surface area (Å²) in [6.45, 7) is 3.74. The van der Waals surface area contributed by atoms with Crippen LogP contribution in [0.15, 0.2) is 36.5 Å². The fourth-order valence-corrected chi connectivity index (χ4v) is 3.24. The lowest BCUT2D eigenvalue weighted by atomic mass is 9.79. The maximum atomic E-state index is 12.4. The Labute approximate surface area is 147 Å². The molecule has 2 aromatic rings. The first kappa shape index (κ1) is 17.6. The molecule has 7 heteroatoms. The number of piperidine rings is 1. The molecule has 0 aliphatic carbocycles. The van der Waals surface area contributed by atoms with Crippen molar-refractivity contribution in [3.8, 4) is 0 Å². The predicted molar refractivity (Wildman–Crippen MR) is 94.3 cm³/mol. The van der Waals surface area contributed by atoms with Gasteiger partial charge in [0, 0.05) is 19.1 Å². The van der Waals surface area contributed by atoms with Gasteiger partial charge in [-0.15, -0.1) is 5.10 Å². The molecule has 0 spiro atoms. The summed E-state index contributed by atoms with van der Waals surface area (Å²) in [5, 5.41) is 14.4. The van der Waals surface area contributed by atoms with Crippen molar-refractivity contribution in [3.05, 3.63) is 47.8 Å². The largest absolute Gasteiger partial charge is 0.384 e. The molecular weight excluding hydrogens is 318 g/mol. The molecule has 2 heterocycles. The van der Waals surface area contributed by atoms with Crippen LogP contribution in [0.5, 0.6) is 0 Å². The number of aromatic nitrogens is 3. The van der Waals surface area contributed by atoms with Crippen molar-refractivity contribution in [2.45, 2.75) is 19.4 Å². The molecule has 134 valence electrons. The van der Waals surface area contributed by atoms with E-state index in [1.807, 2.05) is 30.3 Å². The number of carbonyl (C=O) groups is 1. The number of amides is 1. The average molecular weight is 343 g/mol. The van der Waals surface area contributed by atoms with Gasteiger partial charge in [0.2, 0.25) is 0 Å². The number of ether oxygens (including phenoxy) is 1. The van der Waals surface area contributed by atoms with E-state index in [2.05, 4.69) is 20.9 Å². The van der Waals surface area contributed by atoms with Crippen LogP contribution in [0.4, 0.5) is 0 Å². The molecule has 3 rings (SSSR count). The van der Waals surface area contributed by atoms with Crippen LogP contribution >= 0.6 is 0 Å². The quantitative estimate of drug-likeness (QED) is 0.786. The van der Waals surface area contributed by atoms with E-state index in [1.165, 1.54) is 0 Å². The van der Waals surface area contributed by atoms with E-state index in [-0.39, 0.29) is 11.3 Å². The van der Waals surface area contributed by atoms with Gasteiger partial charge in [-0.25, -0.2) is 4.68 Å². The van der Waals surface area contributed by atoms with Crippen LogP contribution < -0.4 is 10.6 Å². The summed E-state index contributed by atoms with van der Waals surface area (Å²) in [7, 11) is 1.71. The monoisotopic (exact) mass is 343 g/mol. The number of rotatable bonds is 7. The highest BCUT2D eigenvalue weighted by molar-refractivity contribution is 5.91. The summed E-state index contributed by atoms with van der Waals surface area (Å²) < 4.78 is 7.06. The number of nitrogens with zero attached hydrogens (tertiary/aromatic N) is 3. The Bertz CT molecular complexity index is 674. The minimum atomic E-state index is -0.187. The number of methoxy groups -OCH3 is 1. The standard InChI is InChI=1S/C18H25N5O2/c1-25-14-18(7-9-19-10-8-18)13-20-17(24)16-12-23(22-21-16)11-15-5-3-2-4-6-15/h2-6,12,19H,7-11,13-14H2,1H3,(H,20,24). The molecule has 1 aliphatic heterocycles. The second-order valence-corrected chi connectivity index (χ2v) is 6.65. The van der Waals surface area contributed by atoms with Crippen LogP contribution in [-0.4, -0.2) is 54.3 Å². The van der Waals surface area contributed by atoms with Crippen LogP contribution in [0.25, 0.3) is 0 Å². The molecule has 0 unspecified atom stereocenters. The van der Waals surface area contributed by atoms with Gasteiger partial charge in [-0.1, -0.05) is 35.5 Å². The summed E-state index contributed by atoms with van der Waals surface area (Å²) in [6, 6.07) is 9.97. The van der Waals surface area contributed by atoms with Gasteiger partial charge < -0.3 is 15.4 Å². The van der Waals surface area contributed by atoms with Crippen LogP contribution in [0.2, 0.25) is 0 Å². The van der Waals surface area contributed by atoms with Gasteiger partial charge in [0.15, 0.2) is 5.69 Å². The van der Waals surface area contributed by atoms with E-state index in [0.717, 1.165) is 31.5 Å². The molecule has 1 saturated heterocycles. The molecule has 1 aliphatic rings. The lowest BCUT2D eigenvalue weighted by molar-refractivity contribution is 0.0510. The third-order valence-corrected chi connectivity index (χ3v) is 4.70. The molecule has 7 nitrogen and oxygen atoms in total. The van der Waals surface area contributed by atoms with Crippen molar-refractivity contribution in [2.75, 3.05) is 33.4 Å². The van der Waals surface area contributed by atoms with Gasteiger partial charge in [0.1, 0.15) is 0 Å². The third kappa shape index (κ3) is 4.64. The second-order valence-electron chi connectivity index (χ2n) is 6.65. The first-order valence-corrected chi connectivity index (χ1v) is 8.63. The van der Waals surface area contributed by atoms with Gasteiger partial charge >= 0.3 is 0 Å². The molecular formula is C18H25N5O2. The molecule has 0 bridgehead atoms. The van der Waals surface area contributed by atoms with Crippen molar-refractivity contribution < 1.29 is 9.53 Å². The Hall–Kier alpha value is -2.25. The number of carbonyl (C=O) groups excluding carboxylic acids is 1. The SMILES string of the molecule is COCC1(CNC(=O)c2cn(Cc3ccccc3)nn2)CCNCC1. The zero-order valence-corrected chi connectivity index (χ0v) is 14.6. The Morgan fingerprint density at radius 2 is 2.08 bits per heavy atom. The molecule has 0 radical (unpaired) electrons. The van der Waals surface area contributed by atoms with Crippen molar-refractivity contribution in [1.82, 2.24) is 25.6 Å². The van der Waals surface area contributed by atoms with E-state index in [4.69, 9.17) is 4.74 Å². The van der Waals surface area contributed by atoms with Crippen molar-refractivity contribution in [1.29, 1.82) is 0 Å². The van der Waals surface area contributed by atoms with Gasteiger partial charge in [0.25, 0.3) is 5.91 Å². The number of hydrogen-bond donors (Lipinski definition) is 2. The highest BCUT2D eigenvalue weighted by Crippen LogP contribution is 2.28. The van der Waals surface area contributed by atoms with E-state index < -0.39 is 0 Å². The fourth-order valence-electron chi connectivity index (χ4n) is 3.24. The Morgan fingerprint density at radius 3 is 2.80 bits per heavy atom. The molecule has 1 fully saturated rings. The summed E-state index contributed by atoms with van der Waals surface area (Å²) in [6.07, 6.45) is 3.66. The Balaban J connectivity index is 1.58. The normalized spacial score (nSPS) is 16.5. The average Bonchev–Trinajstić information content (AvgIpc) is 3.10. The summed E-state index contributed by atoms with van der Waals surface area (Å²) in [5.74, 6) is -0.187. The number of nitrogens with one attached hydrogen (secondary N) is 2. The maximum absolute atomic E-state index is 12.4. The van der Waals surface area contributed by atoms with E-state index >= 15 is 0 Å². The van der Waals surface area contributed by atoms with Gasteiger partial charge in [-0.05, 0) is 31.5 Å². The van der Waals surface area contributed by atoms with E-state index in [1.54, 1.807) is 18.0 Å². The third-order valence-electron chi connectivity index (χ3n) is 4.70. The summed E-state index contributed by atoms with van der Waals surface area (Å²) in [5.41, 5.74) is 1.46. The molecule has 1 aromatic heterocycles. The predicted octanol–water partition coefficient (Wildman–Crippen LogP) is 1.07. The van der Waals surface area contributed by atoms with Gasteiger partial charge in [0.05, 0.1) is 19.3 Å². The lowest BCUT2D eigenvalue weighted by Crippen LogP contribution is -2.47. The first-order valence-electron chi connectivity index (χ1n) is 8.63. The topological polar surface area (TPSA) is 81.1 Å². The van der Waals surface area contributed by atoms with E-state index in [0.29, 0.717) is 25.4 Å². The summed E-state index contributed by atoms with van der Waals surface area (Å²) in [4.78, 5) is 12.4. The Kier molecular flexibility index (Phi) is 5.78.